The van der Waals surface area contributed by atoms with E-state index in [1.54, 1.807) is 9.36 Å². The summed E-state index contributed by atoms with van der Waals surface area (Å²) >= 11 is 0. The van der Waals surface area contributed by atoms with E-state index in [0.29, 0.717) is 22.8 Å². The lowest BCUT2D eigenvalue weighted by atomic mass is 10.3. The lowest BCUT2D eigenvalue weighted by Crippen LogP contribution is -2.12. The zero-order valence-electron chi connectivity index (χ0n) is 13.2. The van der Waals surface area contributed by atoms with Gasteiger partial charge in [0.2, 0.25) is 5.95 Å². The second kappa shape index (κ2) is 5.34. The molecule has 0 spiro atoms. The van der Waals surface area contributed by atoms with E-state index in [0.717, 1.165) is 11.4 Å². The van der Waals surface area contributed by atoms with E-state index in [-0.39, 0.29) is 5.56 Å². The monoisotopic (exact) mass is 321 g/mol. The molecule has 8 heteroatoms. The Morgan fingerprint density at radius 2 is 2.00 bits per heavy atom. The largest absolute Gasteiger partial charge is 0.309 e. The van der Waals surface area contributed by atoms with Gasteiger partial charge in [-0.3, -0.25) is 14.5 Å². The molecule has 8 nitrogen and oxygen atoms in total. The molecule has 0 unspecified atom stereocenters. The summed E-state index contributed by atoms with van der Waals surface area (Å²) in [6.45, 7) is 1.95. The first-order valence-corrected chi connectivity index (χ1v) is 7.43. The highest BCUT2D eigenvalue weighted by Crippen LogP contribution is 2.16. The van der Waals surface area contributed by atoms with Crippen LogP contribution in [0.25, 0.3) is 16.7 Å². The maximum atomic E-state index is 12.3. The molecular formula is C16H15N7O. The van der Waals surface area contributed by atoms with E-state index < -0.39 is 0 Å². The molecule has 0 saturated heterocycles. The van der Waals surface area contributed by atoms with Gasteiger partial charge >= 0.3 is 0 Å². The van der Waals surface area contributed by atoms with Gasteiger partial charge in [0, 0.05) is 18.8 Å². The fourth-order valence-corrected chi connectivity index (χ4v) is 2.48. The normalized spacial score (nSPS) is 11.1. The van der Waals surface area contributed by atoms with Crippen LogP contribution in [0.3, 0.4) is 0 Å². The highest BCUT2D eigenvalue weighted by Gasteiger charge is 2.12. The molecule has 0 atom stereocenters. The summed E-state index contributed by atoms with van der Waals surface area (Å²) in [7, 11) is 1.85. The average molecular weight is 321 g/mol. The van der Waals surface area contributed by atoms with Crippen molar-refractivity contribution in [1.29, 1.82) is 0 Å². The fourth-order valence-electron chi connectivity index (χ4n) is 2.48. The predicted octanol–water partition coefficient (Wildman–Crippen LogP) is 1.89. The Labute approximate surface area is 136 Å². The van der Waals surface area contributed by atoms with Gasteiger partial charge in [0.15, 0.2) is 11.5 Å². The Balaban J connectivity index is 1.82. The van der Waals surface area contributed by atoms with Crippen LogP contribution in [0.5, 0.6) is 0 Å². The number of nitrogens with zero attached hydrogens (tertiary/aromatic N) is 5. The number of benzene rings is 1. The summed E-state index contributed by atoms with van der Waals surface area (Å²) in [5.74, 6) is 0.937. The van der Waals surface area contributed by atoms with Crippen molar-refractivity contribution in [3.8, 4) is 5.69 Å². The lowest BCUT2D eigenvalue weighted by molar-refractivity contribution is 0.742. The molecule has 0 aliphatic rings. The van der Waals surface area contributed by atoms with Crippen LogP contribution in [-0.2, 0) is 7.05 Å². The third-order valence-corrected chi connectivity index (χ3v) is 3.80. The zero-order chi connectivity index (χ0) is 16.7. The summed E-state index contributed by atoms with van der Waals surface area (Å²) in [5.41, 5.74) is 2.07. The number of para-hydroxylation sites is 1. The molecular weight excluding hydrogens is 306 g/mol. The number of hydrogen-bond donors (Lipinski definition) is 2. The van der Waals surface area contributed by atoms with Gasteiger partial charge in [-0.25, -0.2) is 4.68 Å². The number of nitrogens with one attached hydrogen (secondary N) is 2. The number of hydrogen-bond acceptors (Lipinski definition) is 5. The minimum absolute atomic E-state index is 0.252. The van der Waals surface area contributed by atoms with Gasteiger partial charge in [0.25, 0.3) is 5.56 Å². The minimum Gasteiger partial charge on any atom is -0.309 e. The molecule has 4 aromatic rings. The first-order chi connectivity index (χ1) is 11.6. The SMILES string of the molecule is Cc1cc(Nc2nc3c(cnn3-c3ccccc3)c(=O)[nH]2)nn1C. The first-order valence-electron chi connectivity index (χ1n) is 7.43. The van der Waals surface area contributed by atoms with Crippen LogP contribution in [-0.4, -0.2) is 29.5 Å². The van der Waals surface area contributed by atoms with Crippen molar-refractivity contribution in [2.45, 2.75) is 6.92 Å². The van der Waals surface area contributed by atoms with Gasteiger partial charge in [-0.15, -0.1) is 0 Å². The van der Waals surface area contributed by atoms with E-state index >= 15 is 0 Å². The second-order valence-corrected chi connectivity index (χ2v) is 5.46. The molecule has 24 heavy (non-hydrogen) atoms. The van der Waals surface area contributed by atoms with Crippen molar-refractivity contribution in [2.75, 3.05) is 5.32 Å². The number of aromatic nitrogens is 6. The molecule has 0 aliphatic carbocycles. The molecule has 2 N–H and O–H groups in total. The molecule has 0 bridgehead atoms. The van der Waals surface area contributed by atoms with Gasteiger partial charge < -0.3 is 5.32 Å². The van der Waals surface area contributed by atoms with E-state index in [4.69, 9.17) is 0 Å². The Morgan fingerprint density at radius 1 is 1.21 bits per heavy atom. The number of anilines is 2. The molecule has 1 aromatic carbocycles. The third-order valence-electron chi connectivity index (χ3n) is 3.80. The molecule has 0 fully saturated rings. The van der Waals surface area contributed by atoms with Crippen molar-refractivity contribution in [3.63, 3.8) is 0 Å². The molecule has 0 radical (unpaired) electrons. The molecule has 120 valence electrons. The van der Waals surface area contributed by atoms with Crippen molar-refractivity contribution < 1.29 is 0 Å². The number of H-pyrrole nitrogens is 1. The van der Waals surface area contributed by atoms with Crippen LogP contribution in [0.1, 0.15) is 5.69 Å². The summed E-state index contributed by atoms with van der Waals surface area (Å²) in [6, 6.07) is 11.4. The van der Waals surface area contributed by atoms with E-state index in [9.17, 15) is 4.79 Å². The topological polar surface area (TPSA) is 93.4 Å². The molecule has 3 aromatic heterocycles. The standard InChI is InChI=1S/C16H15N7O/c1-10-8-13(21-22(10)2)18-16-19-14-12(15(24)20-16)9-17-23(14)11-6-4-3-5-7-11/h3-9H,1-2H3,(H2,18,19,20,21,24). The smallest absolute Gasteiger partial charge is 0.263 e. The van der Waals surface area contributed by atoms with Crippen LogP contribution in [0, 0.1) is 6.92 Å². The number of fused-ring (bicyclic) bond motifs is 1. The van der Waals surface area contributed by atoms with Crippen molar-refractivity contribution in [2.24, 2.45) is 7.05 Å². The zero-order valence-corrected chi connectivity index (χ0v) is 13.2. The molecule has 0 saturated carbocycles. The Bertz CT molecular complexity index is 1060. The Kier molecular flexibility index (Phi) is 3.16. The van der Waals surface area contributed by atoms with Gasteiger partial charge in [-0.1, -0.05) is 18.2 Å². The third kappa shape index (κ3) is 2.34. The van der Waals surface area contributed by atoms with Crippen LogP contribution < -0.4 is 10.9 Å². The van der Waals surface area contributed by atoms with Gasteiger partial charge in [-0.2, -0.15) is 15.2 Å². The summed E-state index contributed by atoms with van der Waals surface area (Å²) in [6.07, 6.45) is 1.52. The minimum atomic E-state index is -0.252. The Morgan fingerprint density at radius 3 is 2.71 bits per heavy atom. The van der Waals surface area contributed by atoms with Crippen LogP contribution >= 0.6 is 0 Å². The van der Waals surface area contributed by atoms with Crippen LogP contribution in [0.15, 0.2) is 47.4 Å². The van der Waals surface area contributed by atoms with Crippen molar-refractivity contribution >= 4 is 22.8 Å². The van der Waals surface area contributed by atoms with Crippen molar-refractivity contribution in [3.05, 3.63) is 58.6 Å². The average Bonchev–Trinajstić information content (AvgIpc) is 3.12. The summed E-state index contributed by atoms with van der Waals surface area (Å²) in [5, 5.41) is 12.0. The quantitative estimate of drug-likeness (QED) is 0.601. The molecule has 3 heterocycles. The maximum Gasteiger partial charge on any atom is 0.263 e. The molecule has 0 aliphatic heterocycles. The van der Waals surface area contributed by atoms with Crippen molar-refractivity contribution in [1.82, 2.24) is 29.5 Å². The number of aryl methyl sites for hydroxylation is 2. The number of rotatable bonds is 3. The summed E-state index contributed by atoms with van der Waals surface area (Å²) in [4.78, 5) is 19.5. The Hall–Kier alpha value is -3.42. The van der Waals surface area contributed by atoms with E-state index in [2.05, 4.69) is 25.5 Å². The maximum absolute atomic E-state index is 12.3. The fraction of sp³-hybridized carbons (Fsp3) is 0.125. The molecule has 4 rings (SSSR count). The highest BCUT2D eigenvalue weighted by atomic mass is 16.1. The predicted molar refractivity (Wildman–Crippen MR) is 90.7 cm³/mol. The van der Waals surface area contributed by atoms with Gasteiger partial charge in [-0.05, 0) is 19.1 Å². The first kappa shape index (κ1) is 14.2. The highest BCUT2D eigenvalue weighted by molar-refractivity contribution is 5.76. The van der Waals surface area contributed by atoms with Gasteiger partial charge in [0.1, 0.15) is 5.39 Å². The van der Waals surface area contributed by atoms with E-state index in [1.165, 1.54) is 6.20 Å². The van der Waals surface area contributed by atoms with Gasteiger partial charge in [0.05, 0.1) is 11.9 Å². The summed E-state index contributed by atoms with van der Waals surface area (Å²) < 4.78 is 3.38. The number of aromatic amines is 1. The second-order valence-electron chi connectivity index (χ2n) is 5.46. The van der Waals surface area contributed by atoms with Crippen LogP contribution in [0.4, 0.5) is 11.8 Å². The lowest BCUT2D eigenvalue weighted by Gasteiger charge is -2.05. The molecule has 0 amide bonds. The van der Waals surface area contributed by atoms with Crippen LogP contribution in [0.2, 0.25) is 0 Å². The van der Waals surface area contributed by atoms with E-state index in [1.807, 2.05) is 50.4 Å².